The zero-order chi connectivity index (χ0) is 33.0. The van der Waals surface area contributed by atoms with Gasteiger partial charge < -0.3 is 30.7 Å². The summed E-state index contributed by atoms with van der Waals surface area (Å²) in [5.41, 5.74) is 0.181. The van der Waals surface area contributed by atoms with E-state index in [0.29, 0.717) is 24.3 Å². The van der Waals surface area contributed by atoms with Crippen LogP contribution in [0.15, 0.2) is 35.2 Å². The summed E-state index contributed by atoms with van der Waals surface area (Å²) in [6.07, 6.45) is 6.44. The van der Waals surface area contributed by atoms with Gasteiger partial charge in [0.2, 0.25) is 23.6 Å². The van der Waals surface area contributed by atoms with Gasteiger partial charge in [-0.1, -0.05) is 33.1 Å². The molecule has 2 aliphatic carbocycles. The standard InChI is InChI=1S/C33H43N5O7S/c1-19(2)26(36-30(41)28(35-20(3)39)21-8-5-4-6-9-21)31(42)38-17-23(16-24(38)29(40)37-33(12-13-33)32(43)44)45-25-10-7-14-34-27(25)22-11-15-46-18-22/h7,10-11,14-15,18-19,21,23-24,26,28H,4-6,8-9,12-13,16-17H2,1-3H3,(H,35,39)(H,36,41)(H,37,40)(H,43,44)/t23-,24+,26+,28+/m1/s1. The molecule has 2 aromatic rings. The molecule has 3 aliphatic rings. The quantitative estimate of drug-likeness (QED) is 0.271. The Kier molecular flexibility index (Phi) is 10.3. The van der Waals surface area contributed by atoms with Crippen molar-refractivity contribution in [2.24, 2.45) is 11.8 Å². The minimum absolute atomic E-state index is 0.0358. The number of carboxylic acid groups (broad SMARTS) is 1. The molecule has 4 N–H and O–H groups in total. The lowest BCUT2D eigenvalue weighted by Gasteiger charge is -2.34. The van der Waals surface area contributed by atoms with Crippen molar-refractivity contribution in [3.63, 3.8) is 0 Å². The van der Waals surface area contributed by atoms with Crippen LogP contribution >= 0.6 is 11.3 Å². The number of aliphatic carboxylic acids is 1. The van der Waals surface area contributed by atoms with Gasteiger partial charge in [-0.2, -0.15) is 11.3 Å². The third-order valence-corrected chi connectivity index (χ3v) is 9.91. The first-order valence-corrected chi connectivity index (χ1v) is 17.0. The fourth-order valence-corrected chi connectivity index (χ4v) is 7.15. The van der Waals surface area contributed by atoms with E-state index in [1.54, 1.807) is 18.3 Å². The first-order valence-electron chi connectivity index (χ1n) is 16.1. The van der Waals surface area contributed by atoms with Crippen molar-refractivity contribution in [3.05, 3.63) is 35.2 Å². The molecule has 2 saturated carbocycles. The molecule has 4 amide bonds. The van der Waals surface area contributed by atoms with Crippen LogP contribution in [0.2, 0.25) is 0 Å². The number of pyridine rings is 1. The van der Waals surface area contributed by atoms with Gasteiger partial charge in [-0.05, 0) is 61.1 Å². The molecule has 1 aliphatic heterocycles. The van der Waals surface area contributed by atoms with Gasteiger partial charge in [-0.25, -0.2) is 4.79 Å². The van der Waals surface area contributed by atoms with E-state index in [-0.39, 0.29) is 30.7 Å². The van der Waals surface area contributed by atoms with E-state index in [1.807, 2.05) is 30.7 Å². The van der Waals surface area contributed by atoms with Crippen LogP contribution in [0.4, 0.5) is 0 Å². The van der Waals surface area contributed by atoms with Crippen LogP contribution in [0, 0.1) is 11.8 Å². The van der Waals surface area contributed by atoms with Gasteiger partial charge in [0.05, 0.1) is 6.54 Å². The Morgan fingerprint density at radius 1 is 1.09 bits per heavy atom. The van der Waals surface area contributed by atoms with Crippen molar-refractivity contribution >= 4 is 40.9 Å². The number of carbonyl (C=O) groups is 5. The molecule has 248 valence electrons. The fraction of sp³-hybridized carbons (Fsp3) is 0.576. The van der Waals surface area contributed by atoms with E-state index in [2.05, 4.69) is 20.9 Å². The Bertz CT molecular complexity index is 1440. The van der Waals surface area contributed by atoms with Gasteiger partial charge in [0.25, 0.3) is 0 Å². The zero-order valence-corrected chi connectivity index (χ0v) is 27.3. The van der Waals surface area contributed by atoms with Crippen LogP contribution in [0.3, 0.4) is 0 Å². The Balaban J connectivity index is 1.38. The number of hydrogen-bond donors (Lipinski definition) is 4. The van der Waals surface area contributed by atoms with Gasteiger partial charge in [0, 0.05) is 30.5 Å². The van der Waals surface area contributed by atoms with Crippen molar-refractivity contribution in [1.29, 1.82) is 0 Å². The van der Waals surface area contributed by atoms with E-state index >= 15 is 0 Å². The second-order valence-corrected chi connectivity index (χ2v) is 13.8. The molecule has 3 fully saturated rings. The topological polar surface area (TPSA) is 167 Å². The molecule has 12 nitrogen and oxygen atoms in total. The van der Waals surface area contributed by atoms with Crippen LogP contribution in [0.5, 0.6) is 5.75 Å². The summed E-state index contributed by atoms with van der Waals surface area (Å²) in [6, 6.07) is 2.69. The van der Waals surface area contributed by atoms with Crippen molar-refractivity contribution in [3.8, 4) is 17.0 Å². The number of thiophene rings is 1. The summed E-state index contributed by atoms with van der Waals surface area (Å²) in [6.45, 7) is 5.04. The van der Waals surface area contributed by atoms with Gasteiger partial charge >= 0.3 is 5.97 Å². The van der Waals surface area contributed by atoms with Crippen molar-refractivity contribution in [2.45, 2.75) is 102 Å². The number of nitrogens with zero attached hydrogens (tertiary/aromatic N) is 2. The molecular formula is C33H43N5O7S. The summed E-state index contributed by atoms with van der Waals surface area (Å²) in [5.74, 6) is -2.78. The Morgan fingerprint density at radius 2 is 1.83 bits per heavy atom. The summed E-state index contributed by atoms with van der Waals surface area (Å²) < 4.78 is 6.38. The molecule has 0 bridgehead atoms. The molecule has 4 atom stereocenters. The lowest BCUT2D eigenvalue weighted by molar-refractivity contribution is -0.146. The second kappa shape index (κ2) is 14.2. The molecule has 1 saturated heterocycles. The maximum Gasteiger partial charge on any atom is 0.329 e. The fourth-order valence-electron chi connectivity index (χ4n) is 6.51. The van der Waals surface area contributed by atoms with Crippen LogP contribution in [-0.2, 0) is 24.0 Å². The number of likely N-dealkylation sites (tertiary alicyclic amines) is 1. The number of carboxylic acids is 1. The molecule has 46 heavy (non-hydrogen) atoms. The molecular weight excluding hydrogens is 610 g/mol. The van der Waals surface area contributed by atoms with Crippen molar-refractivity contribution in [2.75, 3.05) is 6.54 Å². The van der Waals surface area contributed by atoms with Crippen LogP contribution in [0.1, 0.15) is 72.1 Å². The van der Waals surface area contributed by atoms with Gasteiger partial charge in [0.1, 0.15) is 41.2 Å². The zero-order valence-electron chi connectivity index (χ0n) is 26.5. The lowest BCUT2D eigenvalue weighted by Crippen LogP contribution is -2.60. The predicted molar refractivity (Wildman–Crippen MR) is 171 cm³/mol. The first kappa shape index (κ1) is 33.4. The van der Waals surface area contributed by atoms with E-state index < -0.39 is 53.5 Å². The van der Waals surface area contributed by atoms with Crippen LogP contribution in [-0.4, -0.2) is 80.9 Å². The van der Waals surface area contributed by atoms with Gasteiger partial charge in [0.15, 0.2) is 0 Å². The van der Waals surface area contributed by atoms with Crippen molar-refractivity contribution < 1.29 is 33.8 Å². The Hall–Kier alpha value is -4.00. The second-order valence-electron chi connectivity index (χ2n) is 13.0. The third-order valence-electron chi connectivity index (χ3n) is 9.22. The molecule has 2 aromatic heterocycles. The van der Waals surface area contributed by atoms with E-state index in [0.717, 1.165) is 37.7 Å². The summed E-state index contributed by atoms with van der Waals surface area (Å²) >= 11 is 1.53. The van der Waals surface area contributed by atoms with Gasteiger partial charge in [-0.3, -0.25) is 24.2 Å². The number of rotatable bonds is 12. The lowest BCUT2D eigenvalue weighted by atomic mass is 9.83. The maximum absolute atomic E-state index is 14.3. The average molecular weight is 654 g/mol. The van der Waals surface area contributed by atoms with E-state index in [9.17, 15) is 29.1 Å². The molecule has 0 aromatic carbocycles. The van der Waals surface area contributed by atoms with E-state index in [4.69, 9.17) is 4.74 Å². The summed E-state index contributed by atoms with van der Waals surface area (Å²) in [7, 11) is 0. The monoisotopic (exact) mass is 653 g/mol. The van der Waals surface area contributed by atoms with Crippen molar-refractivity contribution in [1.82, 2.24) is 25.8 Å². The first-order chi connectivity index (χ1) is 22.0. The van der Waals surface area contributed by atoms with Crippen LogP contribution in [0.25, 0.3) is 11.3 Å². The number of carbonyl (C=O) groups excluding carboxylic acids is 4. The largest absolute Gasteiger partial charge is 0.486 e. The molecule has 0 radical (unpaired) electrons. The molecule has 5 rings (SSSR count). The number of amides is 4. The predicted octanol–water partition coefficient (Wildman–Crippen LogP) is 3.12. The molecule has 13 heteroatoms. The number of aromatic nitrogens is 1. The Labute approximate surface area is 272 Å². The molecule has 0 unspecified atom stereocenters. The molecule has 0 spiro atoms. The van der Waals surface area contributed by atoms with E-state index in [1.165, 1.54) is 23.2 Å². The number of ether oxygens (including phenoxy) is 1. The highest BCUT2D eigenvalue weighted by molar-refractivity contribution is 7.08. The average Bonchev–Trinajstić information content (AvgIpc) is 3.41. The smallest absolute Gasteiger partial charge is 0.329 e. The highest BCUT2D eigenvalue weighted by Crippen LogP contribution is 2.37. The third kappa shape index (κ3) is 7.51. The Morgan fingerprint density at radius 3 is 2.43 bits per heavy atom. The van der Waals surface area contributed by atoms with Crippen LogP contribution < -0.4 is 20.7 Å². The highest BCUT2D eigenvalue weighted by Gasteiger charge is 2.54. The summed E-state index contributed by atoms with van der Waals surface area (Å²) in [5, 5.41) is 22.0. The highest BCUT2D eigenvalue weighted by atomic mass is 32.1. The maximum atomic E-state index is 14.3. The minimum Gasteiger partial charge on any atom is -0.486 e. The number of hydrogen-bond acceptors (Lipinski definition) is 8. The van der Waals surface area contributed by atoms with Gasteiger partial charge in [-0.15, -0.1) is 0 Å². The minimum atomic E-state index is -1.34. The number of nitrogens with one attached hydrogen (secondary N) is 3. The normalized spacial score (nSPS) is 22.0. The SMILES string of the molecule is CC(=O)N[C@H](C(=O)N[C@H](C(=O)N1C[C@H](Oc2cccnc2-c2ccsc2)C[C@H]1C(=O)NC1(C(=O)O)CC1)C(C)C)C1CCCCC1. The molecule has 3 heterocycles. The summed E-state index contributed by atoms with van der Waals surface area (Å²) in [4.78, 5) is 71.5.